The van der Waals surface area contributed by atoms with Gasteiger partial charge in [-0.2, -0.15) is 4.89 Å². The second-order valence-electron chi connectivity index (χ2n) is 2.38. The van der Waals surface area contributed by atoms with Crippen LogP contribution in [0, 0.1) is 5.92 Å². The highest BCUT2D eigenvalue weighted by Crippen LogP contribution is 1.96. The Balaban J connectivity index is 3.22. The Morgan fingerprint density at radius 2 is 2.10 bits per heavy atom. The van der Waals surface area contributed by atoms with E-state index in [1.807, 2.05) is 6.92 Å². The second kappa shape index (κ2) is 5.23. The molecule has 0 saturated carbocycles. The Kier molecular flexibility index (Phi) is 4.94. The monoisotopic (exact) mass is 146 g/mol. The summed E-state index contributed by atoms with van der Waals surface area (Å²) in [6.07, 6.45) is 0.853. The molecule has 0 aromatic heterocycles. The highest BCUT2D eigenvalue weighted by atomic mass is 17.2. The first-order valence-corrected chi connectivity index (χ1v) is 3.51. The third-order valence-corrected chi connectivity index (χ3v) is 0.900. The van der Waals surface area contributed by atoms with Gasteiger partial charge in [-0.05, 0) is 6.42 Å². The molecule has 10 heavy (non-hydrogen) atoms. The van der Waals surface area contributed by atoms with Crippen molar-refractivity contribution in [3.05, 3.63) is 0 Å². The fraction of sp³-hybridized carbons (Fsp3) is 0.857. The molecule has 3 heteroatoms. The third-order valence-electron chi connectivity index (χ3n) is 0.900. The highest BCUT2D eigenvalue weighted by Gasteiger charge is 2.08. The number of hydrogen-bond acceptors (Lipinski definition) is 3. The summed E-state index contributed by atoms with van der Waals surface area (Å²) in [5.74, 6) is -0.426. The standard InChI is InChI=1S/C7H14O3/c1-4-5-9-10-7(8)6(2)3/h6H,4-5H2,1-3H3. The van der Waals surface area contributed by atoms with E-state index >= 15 is 0 Å². The first-order valence-electron chi connectivity index (χ1n) is 3.51. The number of carbonyl (C=O) groups excluding carboxylic acids is 1. The van der Waals surface area contributed by atoms with Crippen LogP contribution in [0.4, 0.5) is 0 Å². The van der Waals surface area contributed by atoms with Crippen molar-refractivity contribution in [2.24, 2.45) is 5.92 Å². The van der Waals surface area contributed by atoms with E-state index in [1.165, 1.54) is 0 Å². The molecular weight excluding hydrogens is 132 g/mol. The lowest BCUT2D eigenvalue weighted by atomic mass is 10.2. The molecule has 0 aromatic rings. The van der Waals surface area contributed by atoms with Gasteiger partial charge in [-0.15, -0.1) is 0 Å². The van der Waals surface area contributed by atoms with Crippen molar-refractivity contribution in [3.63, 3.8) is 0 Å². The minimum absolute atomic E-state index is 0.114. The first-order chi connectivity index (χ1) is 4.68. The summed E-state index contributed by atoms with van der Waals surface area (Å²) < 4.78 is 0. The maximum atomic E-state index is 10.7. The van der Waals surface area contributed by atoms with Gasteiger partial charge in [0.25, 0.3) is 0 Å². The minimum atomic E-state index is -0.312. The van der Waals surface area contributed by atoms with Gasteiger partial charge < -0.3 is 0 Å². The minimum Gasteiger partial charge on any atom is -0.298 e. The molecule has 0 amide bonds. The van der Waals surface area contributed by atoms with Crippen molar-refractivity contribution < 1.29 is 14.6 Å². The Morgan fingerprint density at radius 3 is 2.50 bits per heavy atom. The van der Waals surface area contributed by atoms with E-state index in [0.29, 0.717) is 6.61 Å². The van der Waals surface area contributed by atoms with E-state index in [0.717, 1.165) is 6.42 Å². The van der Waals surface area contributed by atoms with Crippen molar-refractivity contribution in [2.45, 2.75) is 27.2 Å². The smallest absolute Gasteiger partial charge is 0.298 e. The molecule has 0 aromatic carbocycles. The zero-order valence-electron chi connectivity index (χ0n) is 6.72. The molecule has 0 aliphatic rings. The molecule has 0 unspecified atom stereocenters. The van der Waals surface area contributed by atoms with Gasteiger partial charge in [-0.3, -0.25) is 4.89 Å². The molecule has 0 heterocycles. The molecule has 0 rings (SSSR count). The van der Waals surface area contributed by atoms with Crippen molar-refractivity contribution in [3.8, 4) is 0 Å². The van der Waals surface area contributed by atoms with Crippen LogP contribution in [0.25, 0.3) is 0 Å². The van der Waals surface area contributed by atoms with Crippen LogP contribution in [-0.4, -0.2) is 12.6 Å². The Labute approximate surface area is 61.2 Å². The molecule has 3 nitrogen and oxygen atoms in total. The van der Waals surface area contributed by atoms with Gasteiger partial charge in [0.2, 0.25) is 0 Å². The third kappa shape index (κ3) is 4.32. The Bertz CT molecular complexity index is 99.0. The number of hydrogen-bond donors (Lipinski definition) is 0. The van der Waals surface area contributed by atoms with Crippen LogP contribution < -0.4 is 0 Å². The quantitative estimate of drug-likeness (QED) is 0.343. The molecule has 60 valence electrons. The molecule has 0 saturated heterocycles. The second-order valence-corrected chi connectivity index (χ2v) is 2.38. The average Bonchev–Trinajstić information content (AvgIpc) is 1.88. The van der Waals surface area contributed by atoms with Gasteiger partial charge in [0.15, 0.2) is 0 Å². The van der Waals surface area contributed by atoms with Crippen LogP contribution >= 0.6 is 0 Å². The van der Waals surface area contributed by atoms with Crippen LogP contribution in [0.2, 0.25) is 0 Å². The van der Waals surface area contributed by atoms with Gasteiger partial charge in [-0.1, -0.05) is 20.8 Å². The van der Waals surface area contributed by atoms with E-state index in [2.05, 4.69) is 9.78 Å². The predicted octanol–water partition coefficient (Wildman–Crippen LogP) is 1.53. The zero-order chi connectivity index (χ0) is 7.98. The summed E-state index contributed by atoms with van der Waals surface area (Å²) in [6, 6.07) is 0. The Hall–Kier alpha value is -0.570. The average molecular weight is 146 g/mol. The molecule has 0 fully saturated rings. The van der Waals surface area contributed by atoms with Crippen molar-refractivity contribution >= 4 is 5.97 Å². The maximum absolute atomic E-state index is 10.7. The van der Waals surface area contributed by atoms with Gasteiger partial charge in [-0.25, -0.2) is 4.79 Å². The summed E-state index contributed by atoms with van der Waals surface area (Å²) in [6.45, 7) is 5.94. The largest absolute Gasteiger partial charge is 0.344 e. The Morgan fingerprint density at radius 1 is 1.50 bits per heavy atom. The lowest BCUT2D eigenvalue weighted by molar-refractivity contribution is -0.275. The fourth-order valence-corrected chi connectivity index (χ4v) is 0.279. The topological polar surface area (TPSA) is 35.5 Å². The first kappa shape index (κ1) is 9.43. The van der Waals surface area contributed by atoms with Crippen LogP contribution in [0.3, 0.4) is 0 Å². The lowest BCUT2D eigenvalue weighted by Crippen LogP contribution is -2.12. The molecule has 0 radical (unpaired) electrons. The van der Waals surface area contributed by atoms with E-state index < -0.39 is 0 Å². The van der Waals surface area contributed by atoms with E-state index in [4.69, 9.17) is 0 Å². The summed E-state index contributed by atoms with van der Waals surface area (Å²) >= 11 is 0. The summed E-state index contributed by atoms with van der Waals surface area (Å²) in [5.41, 5.74) is 0. The van der Waals surface area contributed by atoms with Crippen LogP contribution in [0.1, 0.15) is 27.2 Å². The van der Waals surface area contributed by atoms with Crippen LogP contribution in [0.15, 0.2) is 0 Å². The van der Waals surface area contributed by atoms with Crippen molar-refractivity contribution in [2.75, 3.05) is 6.61 Å². The molecular formula is C7H14O3. The van der Waals surface area contributed by atoms with Crippen LogP contribution in [0.5, 0.6) is 0 Å². The highest BCUT2D eigenvalue weighted by molar-refractivity contribution is 5.70. The molecule has 0 atom stereocenters. The van der Waals surface area contributed by atoms with E-state index in [9.17, 15) is 4.79 Å². The van der Waals surface area contributed by atoms with E-state index in [1.54, 1.807) is 13.8 Å². The molecule has 0 spiro atoms. The lowest BCUT2D eigenvalue weighted by Gasteiger charge is -2.03. The normalized spacial score (nSPS) is 10.0. The van der Waals surface area contributed by atoms with Crippen molar-refractivity contribution in [1.29, 1.82) is 0 Å². The summed E-state index contributed by atoms with van der Waals surface area (Å²) in [7, 11) is 0. The summed E-state index contributed by atoms with van der Waals surface area (Å²) in [5, 5.41) is 0. The molecule has 0 bridgehead atoms. The molecule has 0 N–H and O–H groups in total. The SMILES string of the molecule is CCCOOC(=O)C(C)C. The van der Waals surface area contributed by atoms with Crippen LogP contribution in [-0.2, 0) is 14.6 Å². The van der Waals surface area contributed by atoms with Gasteiger partial charge in [0.1, 0.15) is 0 Å². The van der Waals surface area contributed by atoms with Gasteiger partial charge in [0, 0.05) is 0 Å². The fourth-order valence-electron chi connectivity index (χ4n) is 0.279. The van der Waals surface area contributed by atoms with Gasteiger partial charge >= 0.3 is 5.97 Å². The van der Waals surface area contributed by atoms with Gasteiger partial charge in [0.05, 0.1) is 12.5 Å². The molecule has 0 aliphatic carbocycles. The van der Waals surface area contributed by atoms with Crippen molar-refractivity contribution in [1.82, 2.24) is 0 Å². The predicted molar refractivity (Wildman–Crippen MR) is 37.2 cm³/mol. The zero-order valence-corrected chi connectivity index (χ0v) is 6.72. The molecule has 0 aliphatic heterocycles. The summed E-state index contributed by atoms with van der Waals surface area (Å²) in [4.78, 5) is 19.6. The number of rotatable bonds is 4. The van der Waals surface area contributed by atoms with E-state index in [-0.39, 0.29) is 11.9 Å². The maximum Gasteiger partial charge on any atom is 0.344 e. The number of carbonyl (C=O) groups is 1.